The van der Waals surface area contributed by atoms with Crippen LogP contribution in [0.25, 0.3) is 0 Å². The van der Waals surface area contributed by atoms with Gasteiger partial charge in [-0.25, -0.2) is 4.98 Å². The lowest BCUT2D eigenvalue weighted by Gasteiger charge is -2.22. The summed E-state index contributed by atoms with van der Waals surface area (Å²) in [6.07, 6.45) is 6.56. The summed E-state index contributed by atoms with van der Waals surface area (Å²) < 4.78 is 0. The van der Waals surface area contributed by atoms with E-state index in [9.17, 15) is 4.79 Å². The number of hydrogen-bond acceptors (Lipinski definition) is 3. The fourth-order valence-corrected chi connectivity index (χ4v) is 2.55. The molecule has 1 aromatic rings. The van der Waals surface area contributed by atoms with Crippen LogP contribution in [-0.4, -0.2) is 23.6 Å². The number of aromatic nitrogens is 2. The van der Waals surface area contributed by atoms with Gasteiger partial charge >= 0.3 is 0 Å². The molecule has 5 heteroatoms. The number of aromatic amines is 1. The molecule has 0 amide bonds. The summed E-state index contributed by atoms with van der Waals surface area (Å²) in [5.41, 5.74) is -0.273. The van der Waals surface area contributed by atoms with E-state index in [2.05, 4.69) is 9.97 Å². The number of nitrogens with zero attached hydrogens (tertiary/aromatic N) is 2. The quantitative estimate of drug-likeness (QED) is 0.881. The van der Waals surface area contributed by atoms with Crippen molar-refractivity contribution in [2.75, 3.05) is 18.5 Å². The van der Waals surface area contributed by atoms with E-state index in [1.165, 1.54) is 32.0 Å². The topological polar surface area (TPSA) is 49.0 Å². The lowest BCUT2D eigenvalue weighted by atomic mass is 10.1. The summed E-state index contributed by atoms with van der Waals surface area (Å²) in [6.45, 7) is 0.927. The van der Waals surface area contributed by atoms with Gasteiger partial charge in [-0.3, -0.25) is 4.79 Å². The van der Waals surface area contributed by atoms with Gasteiger partial charge in [0.15, 0.2) is 5.82 Å². The van der Waals surface area contributed by atoms with Gasteiger partial charge in [0, 0.05) is 13.6 Å². The molecule has 16 heavy (non-hydrogen) atoms. The Kier molecular flexibility index (Phi) is 3.49. The van der Waals surface area contributed by atoms with E-state index in [0.29, 0.717) is 11.7 Å². The first kappa shape index (κ1) is 11.5. The molecule has 88 valence electrons. The van der Waals surface area contributed by atoms with Crippen LogP contribution >= 0.6 is 11.6 Å². The summed E-state index contributed by atoms with van der Waals surface area (Å²) in [5, 5.41) is 0.183. The molecule has 1 N–H and O–H groups in total. The van der Waals surface area contributed by atoms with Crippen LogP contribution in [0.15, 0.2) is 11.1 Å². The summed E-state index contributed by atoms with van der Waals surface area (Å²) in [7, 11) is 1.94. The molecule has 2 rings (SSSR count). The molecule has 0 aliphatic heterocycles. The normalized spacial score (nSPS) is 16.6. The van der Waals surface area contributed by atoms with Gasteiger partial charge in [-0.05, 0) is 18.8 Å². The number of rotatable bonds is 3. The zero-order valence-corrected chi connectivity index (χ0v) is 10.1. The van der Waals surface area contributed by atoms with Crippen LogP contribution in [0.1, 0.15) is 25.7 Å². The Hall–Kier alpha value is -1.03. The Balaban J connectivity index is 2.10. The monoisotopic (exact) mass is 241 g/mol. The zero-order valence-electron chi connectivity index (χ0n) is 9.37. The average molecular weight is 242 g/mol. The van der Waals surface area contributed by atoms with Gasteiger partial charge < -0.3 is 9.88 Å². The molecule has 0 unspecified atom stereocenters. The molecular weight excluding hydrogens is 226 g/mol. The molecule has 1 aliphatic carbocycles. The van der Waals surface area contributed by atoms with E-state index in [4.69, 9.17) is 11.6 Å². The third-order valence-corrected chi connectivity index (χ3v) is 3.49. The summed E-state index contributed by atoms with van der Waals surface area (Å²) in [5.74, 6) is 1.29. The maximum atomic E-state index is 11.3. The first-order chi connectivity index (χ1) is 7.68. The number of anilines is 1. The number of halogens is 1. The molecule has 0 saturated heterocycles. The van der Waals surface area contributed by atoms with E-state index < -0.39 is 0 Å². The molecule has 4 nitrogen and oxygen atoms in total. The van der Waals surface area contributed by atoms with Gasteiger partial charge in [0.05, 0.1) is 6.33 Å². The van der Waals surface area contributed by atoms with Crippen LogP contribution < -0.4 is 10.5 Å². The third-order valence-electron chi connectivity index (χ3n) is 3.15. The Morgan fingerprint density at radius 1 is 1.56 bits per heavy atom. The maximum absolute atomic E-state index is 11.3. The van der Waals surface area contributed by atoms with Gasteiger partial charge in [-0.2, -0.15) is 0 Å². The van der Waals surface area contributed by atoms with Gasteiger partial charge in [-0.1, -0.05) is 24.4 Å². The van der Waals surface area contributed by atoms with Crippen molar-refractivity contribution in [1.82, 2.24) is 9.97 Å². The van der Waals surface area contributed by atoms with Gasteiger partial charge in [0.2, 0.25) is 0 Å². The smallest absolute Gasteiger partial charge is 0.271 e. The Morgan fingerprint density at radius 3 is 2.94 bits per heavy atom. The highest BCUT2D eigenvalue weighted by atomic mass is 35.5. The summed E-state index contributed by atoms with van der Waals surface area (Å²) in [6, 6.07) is 0. The second-order valence-corrected chi connectivity index (χ2v) is 4.78. The van der Waals surface area contributed by atoms with Crippen molar-refractivity contribution >= 4 is 17.4 Å². The van der Waals surface area contributed by atoms with E-state index in [1.54, 1.807) is 0 Å². The summed E-state index contributed by atoms with van der Waals surface area (Å²) >= 11 is 5.93. The van der Waals surface area contributed by atoms with Gasteiger partial charge in [0.25, 0.3) is 5.56 Å². The maximum Gasteiger partial charge on any atom is 0.271 e. The van der Waals surface area contributed by atoms with Crippen LogP contribution in [0.4, 0.5) is 5.82 Å². The van der Waals surface area contributed by atoms with E-state index in [1.807, 2.05) is 11.9 Å². The molecule has 0 radical (unpaired) electrons. The molecule has 1 saturated carbocycles. The minimum absolute atomic E-state index is 0.183. The Bertz CT molecular complexity index is 412. The van der Waals surface area contributed by atoms with Crippen LogP contribution in [0.2, 0.25) is 5.02 Å². The van der Waals surface area contributed by atoms with Crippen LogP contribution in [-0.2, 0) is 0 Å². The zero-order chi connectivity index (χ0) is 11.5. The highest BCUT2D eigenvalue weighted by Crippen LogP contribution is 2.27. The highest BCUT2D eigenvalue weighted by Gasteiger charge is 2.19. The van der Waals surface area contributed by atoms with Crippen molar-refractivity contribution in [3.63, 3.8) is 0 Å². The van der Waals surface area contributed by atoms with Crippen molar-refractivity contribution in [2.45, 2.75) is 25.7 Å². The van der Waals surface area contributed by atoms with Crippen molar-refractivity contribution in [2.24, 2.45) is 5.92 Å². The third kappa shape index (κ3) is 2.38. The van der Waals surface area contributed by atoms with Gasteiger partial charge in [0.1, 0.15) is 5.02 Å². The second kappa shape index (κ2) is 4.87. The lowest BCUT2D eigenvalue weighted by Crippen LogP contribution is -2.27. The predicted molar refractivity (Wildman–Crippen MR) is 65.1 cm³/mol. The van der Waals surface area contributed by atoms with Crippen molar-refractivity contribution in [1.29, 1.82) is 0 Å². The number of H-pyrrole nitrogens is 1. The van der Waals surface area contributed by atoms with E-state index in [-0.39, 0.29) is 10.6 Å². The van der Waals surface area contributed by atoms with E-state index in [0.717, 1.165) is 6.54 Å². The molecule has 0 aromatic carbocycles. The largest absolute Gasteiger partial charge is 0.358 e. The predicted octanol–water partition coefficient (Wildman–Crippen LogP) is 2.05. The average Bonchev–Trinajstić information content (AvgIpc) is 2.74. The lowest BCUT2D eigenvalue weighted by molar-refractivity contribution is 0.545. The number of nitrogens with one attached hydrogen (secondary N) is 1. The van der Waals surface area contributed by atoms with Gasteiger partial charge in [-0.15, -0.1) is 0 Å². The first-order valence-electron chi connectivity index (χ1n) is 5.63. The Morgan fingerprint density at radius 2 is 2.25 bits per heavy atom. The highest BCUT2D eigenvalue weighted by molar-refractivity contribution is 6.32. The minimum Gasteiger partial charge on any atom is -0.358 e. The molecule has 1 aromatic heterocycles. The summed E-state index contributed by atoms with van der Waals surface area (Å²) in [4.78, 5) is 19.9. The molecule has 1 fully saturated rings. The van der Waals surface area contributed by atoms with Crippen LogP contribution in [0, 0.1) is 5.92 Å². The second-order valence-electron chi connectivity index (χ2n) is 4.40. The molecule has 0 bridgehead atoms. The fraction of sp³-hybridized carbons (Fsp3) is 0.636. The number of hydrogen-bond donors (Lipinski definition) is 1. The van der Waals surface area contributed by atoms with Crippen molar-refractivity contribution in [3.05, 3.63) is 21.7 Å². The molecule has 1 heterocycles. The standard InChI is InChI=1S/C11H16ClN3O/c1-15(6-8-4-2-3-5-8)10-9(12)11(16)14-7-13-10/h7-8H,2-6H2,1H3,(H,13,14,16). The molecule has 1 aliphatic rings. The minimum atomic E-state index is -0.273. The molecular formula is C11H16ClN3O. The molecule has 0 atom stereocenters. The van der Waals surface area contributed by atoms with Crippen molar-refractivity contribution in [3.8, 4) is 0 Å². The molecule has 0 spiro atoms. The Labute approximate surface area is 99.6 Å². The first-order valence-corrected chi connectivity index (χ1v) is 6.00. The van der Waals surface area contributed by atoms with Crippen LogP contribution in [0.5, 0.6) is 0 Å². The van der Waals surface area contributed by atoms with E-state index >= 15 is 0 Å². The van der Waals surface area contributed by atoms with Crippen LogP contribution in [0.3, 0.4) is 0 Å². The van der Waals surface area contributed by atoms with Crippen molar-refractivity contribution < 1.29 is 0 Å². The fourth-order valence-electron chi connectivity index (χ4n) is 2.31. The SMILES string of the molecule is CN(CC1CCCC1)c1nc[nH]c(=O)c1Cl.